The van der Waals surface area contributed by atoms with E-state index < -0.39 is 0 Å². The Kier molecular flexibility index (Phi) is 5.03. The number of benzene rings is 7. The van der Waals surface area contributed by atoms with Crippen LogP contribution in [0.1, 0.15) is 0 Å². The highest BCUT2D eigenvalue weighted by molar-refractivity contribution is 6.20. The van der Waals surface area contributed by atoms with Gasteiger partial charge < -0.3 is 4.57 Å². The Hall–Kier alpha value is -5.99. The number of nitrogens with zero attached hydrogens (tertiary/aromatic N) is 2. The maximum absolute atomic E-state index is 4.66. The summed E-state index contributed by atoms with van der Waals surface area (Å²) < 4.78 is 2.38. The molecule has 0 spiro atoms. The molecule has 7 aromatic carbocycles. The highest BCUT2D eigenvalue weighted by atomic mass is 15.0. The normalized spacial score (nSPS) is 12.0. The van der Waals surface area contributed by atoms with Crippen LogP contribution in [0.2, 0.25) is 0 Å². The van der Waals surface area contributed by atoms with E-state index in [0.717, 1.165) is 16.6 Å². The van der Waals surface area contributed by atoms with Crippen molar-refractivity contribution < 1.29 is 0 Å². The second-order valence-electron chi connectivity index (χ2n) is 11.9. The smallest absolute Gasteiger partial charge is 0.0723 e. The van der Waals surface area contributed by atoms with Gasteiger partial charge in [-0.3, -0.25) is 4.98 Å². The molecule has 0 radical (unpaired) electrons. The van der Waals surface area contributed by atoms with Crippen molar-refractivity contribution in [2.24, 2.45) is 0 Å². The number of rotatable bonds is 3. The van der Waals surface area contributed by atoms with E-state index in [1.165, 1.54) is 77.1 Å². The lowest BCUT2D eigenvalue weighted by molar-refractivity contribution is 1.19. The first-order valence-electron chi connectivity index (χ1n) is 15.5. The molecule has 0 saturated carbocycles. The van der Waals surface area contributed by atoms with Crippen LogP contribution in [0.4, 0.5) is 0 Å². The van der Waals surface area contributed by atoms with Crippen molar-refractivity contribution in [3.05, 3.63) is 158 Å². The first-order chi connectivity index (χ1) is 22.3. The number of pyridine rings is 1. The van der Waals surface area contributed by atoms with Crippen molar-refractivity contribution in [2.75, 3.05) is 0 Å². The molecule has 0 saturated heterocycles. The van der Waals surface area contributed by atoms with Gasteiger partial charge in [-0.15, -0.1) is 0 Å². The molecule has 0 atom stereocenters. The van der Waals surface area contributed by atoms with Gasteiger partial charge >= 0.3 is 0 Å². The van der Waals surface area contributed by atoms with Crippen LogP contribution in [0.3, 0.4) is 0 Å². The van der Waals surface area contributed by atoms with E-state index in [-0.39, 0.29) is 0 Å². The number of hydrogen-bond acceptors (Lipinski definition) is 1. The number of aromatic nitrogens is 2. The zero-order valence-electron chi connectivity index (χ0n) is 24.4. The van der Waals surface area contributed by atoms with E-state index in [0.29, 0.717) is 0 Å². The van der Waals surface area contributed by atoms with Crippen molar-refractivity contribution >= 4 is 43.5 Å². The quantitative estimate of drug-likeness (QED) is 0.207. The van der Waals surface area contributed by atoms with Gasteiger partial charge in [0.25, 0.3) is 0 Å². The molecule has 10 rings (SSSR count). The van der Waals surface area contributed by atoms with Crippen molar-refractivity contribution in [2.45, 2.75) is 0 Å². The Morgan fingerprint density at radius 1 is 0.400 bits per heavy atom. The van der Waals surface area contributed by atoms with Gasteiger partial charge in [0.2, 0.25) is 0 Å². The Labute approximate surface area is 260 Å². The van der Waals surface area contributed by atoms with Gasteiger partial charge in [0, 0.05) is 28.0 Å². The SMILES string of the molecule is c1ccc(-n2c3ccc(-c4ccc(-c5ccc6c7c(cccc57)-c5ccccc5-6)cc4)cc3c3ccc4ncccc4c32)cc1. The number of para-hydroxylation sites is 1. The topological polar surface area (TPSA) is 17.8 Å². The predicted molar refractivity (Wildman–Crippen MR) is 189 cm³/mol. The van der Waals surface area contributed by atoms with Crippen LogP contribution in [0.25, 0.3) is 93.7 Å². The summed E-state index contributed by atoms with van der Waals surface area (Å²) in [6.45, 7) is 0. The lowest BCUT2D eigenvalue weighted by Gasteiger charge is -2.11. The predicted octanol–water partition coefficient (Wildman–Crippen LogP) is 11.5. The fourth-order valence-electron chi connectivity index (χ4n) is 7.59. The van der Waals surface area contributed by atoms with E-state index >= 15 is 0 Å². The maximum Gasteiger partial charge on any atom is 0.0723 e. The largest absolute Gasteiger partial charge is 0.309 e. The zero-order chi connectivity index (χ0) is 29.5. The van der Waals surface area contributed by atoms with Crippen molar-refractivity contribution in [3.8, 4) is 50.2 Å². The Bertz CT molecular complexity index is 2600. The van der Waals surface area contributed by atoms with Gasteiger partial charge in [-0.2, -0.15) is 0 Å². The van der Waals surface area contributed by atoms with Gasteiger partial charge in [0.1, 0.15) is 0 Å². The molecule has 1 aliphatic carbocycles. The van der Waals surface area contributed by atoms with Gasteiger partial charge in [-0.1, -0.05) is 109 Å². The summed E-state index contributed by atoms with van der Waals surface area (Å²) in [5, 5.41) is 6.32. The summed E-state index contributed by atoms with van der Waals surface area (Å²) in [5.74, 6) is 0. The minimum atomic E-state index is 1.01. The molecule has 2 nitrogen and oxygen atoms in total. The Balaban J connectivity index is 1.12. The summed E-state index contributed by atoms with van der Waals surface area (Å²) in [7, 11) is 0. The average Bonchev–Trinajstić information content (AvgIpc) is 3.63. The molecule has 2 heterocycles. The van der Waals surface area contributed by atoms with Crippen molar-refractivity contribution in [3.63, 3.8) is 0 Å². The van der Waals surface area contributed by atoms with E-state index in [1.54, 1.807) is 0 Å². The third kappa shape index (κ3) is 3.48. The third-order valence-electron chi connectivity index (χ3n) is 9.60. The van der Waals surface area contributed by atoms with Crippen molar-refractivity contribution in [1.29, 1.82) is 0 Å². The number of fused-ring (bicyclic) bond motifs is 8. The first-order valence-corrected chi connectivity index (χ1v) is 15.5. The molecular formula is C43H26N2. The summed E-state index contributed by atoms with van der Waals surface area (Å²) in [5.41, 5.74) is 14.8. The zero-order valence-corrected chi connectivity index (χ0v) is 24.4. The fraction of sp³-hybridized carbons (Fsp3) is 0. The summed E-state index contributed by atoms with van der Waals surface area (Å²) in [6, 6.07) is 55.3. The fourth-order valence-corrected chi connectivity index (χ4v) is 7.59. The van der Waals surface area contributed by atoms with Crippen LogP contribution in [-0.4, -0.2) is 9.55 Å². The van der Waals surface area contributed by atoms with Crippen LogP contribution in [-0.2, 0) is 0 Å². The van der Waals surface area contributed by atoms with Gasteiger partial charge in [0.05, 0.1) is 16.6 Å². The van der Waals surface area contributed by atoms with E-state index in [1.807, 2.05) is 12.3 Å². The van der Waals surface area contributed by atoms with Gasteiger partial charge in [0.15, 0.2) is 0 Å². The minimum Gasteiger partial charge on any atom is -0.309 e. The van der Waals surface area contributed by atoms with Gasteiger partial charge in [-0.25, -0.2) is 0 Å². The van der Waals surface area contributed by atoms with E-state index in [4.69, 9.17) is 0 Å². The minimum absolute atomic E-state index is 1.01. The average molecular weight is 571 g/mol. The molecule has 0 fully saturated rings. The second-order valence-corrected chi connectivity index (χ2v) is 11.9. The van der Waals surface area contributed by atoms with Gasteiger partial charge in [-0.05, 0) is 97.7 Å². The molecule has 45 heavy (non-hydrogen) atoms. The van der Waals surface area contributed by atoms with Crippen LogP contribution in [0.5, 0.6) is 0 Å². The third-order valence-corrected chi connectivity index (χ3v) is 9.60. The molecule has 0 bridgehead atoms. The first kappa shape index (κ1) is 24.5. The second kappa shape index (κ2) is 9.25. The standard InChI is InChI=1S/C43H26N2/c1-2-8-30(9-3-1)45-41-24-19-29(26-39(41)37-22-23-40-38(43(37)45)14-7-25-44-40)27-15-17-28(18-16-27)31-20-21-36-33-11-5-4-10-32(33)35-13-6-12-34(31)42(35)36/h1-26H. The van der Waals surface area contributed by atoms with Crippen LogP contribution >= 0.6 is 0 Å². The molecule has 0 unspecified atom stereocenters. The van der Waals surface area contributed by atoms with Crippen molar-refractivity contribution in [1.82, 2.24) is 9.55 Å². The molecule has 9 aromatic rings. The summed E-state index contributed by atoms with van der Waals surface area (Å²) in [6.07, 6.45) is 1.87. The van der Waals surface area contributed by atoms with Crippen LogP contribution < -0.4 is 0 Å². The van der Waals surface area contributed by atoms with Crippen LogP contribution in [0, 0.1) is 0 Å². The van der Waals surface area contributed by atoms with Crippen LogP contribution in [0.15, 0.2) is 158 Å². The lowest BCUT2D eigenvalue weighted by atomic mass is 9.93. The Morgan fingerprint density at radius 2 is 1.09 bits per heavy atom. The lowest BCUT2D eigenvalue weighted by Crippen LogP contribution is -1.94. The Morgan fingerprint density at radius 3 is 1.93 bits per heavy atom. The summed E-state index contributed by atoms with van der Waals surface area (Å²) in [4.78, 5) is 4.66. The molecule has 0 amide bonds. The maximum atomic E-state index is 4.66. The number of hydrogen-bond donors (Lipinski definition) is 0. The molecule has 1 aliphatic rings. The molecule has 0 aliphatic heterocycles. The molecule has 2 heteroatoms. The monoisotopic (exact) mass is 570 g/mol. The van der Waals surface area contributed by atoms with E-state index in [9.17, 15) is 0 Å². The highest BCUT2D eigenvalue weighted by Gasteiger charge is 2.22. The summed E-state index contributed by atoms with van der Waals surface area (Å²) >= 11 is 0. The molecule has 0 N–H and O–H groups in total. The highest BCUT2D eigenvalue weighted by Crippen LogP contribution is 2.49. The molecule has 2 aromatic heterocycles. The molecular weight excluding hydrogens is 544 g/mol. The molecule has 208 valence electrons. The van der Waals surface area contributed by atoms with E-state index in [2.05, 4.69) is 155 Å².